The van der Waals surface area contributed by atoms with Crippen LogP contribution in [0.3, 0.4) is 0 Å². The van der Waals surface area contributed by atoms with E-state index in [1.807, 2.05) is 0 Å². The summed E-state index contributed by atoms with van der Waals surface area (Å²) in [7, 11) is 0. The first-order valence-corrected chi connectivity index (χ1v) is 5.52. The van der Waals surface area contributed by atoms with Crippen LogP contribution < -0.4 is 4.74 Å². The highest BCUT2D eigenvalue weighted by atomic mass is 35.5. The Bertz CT molecular complexity index is 503. The van der Waals surface area contributed by atoms with Crippen molar-refractivity contribution in [1.82, 2.24) is 4.98 Å². The van der Waals surface area contributed by atoms with Gasteiger partial charge in [0.25, 0.3) is 0 Å². The van der Waals surface area contributed by atoms with E-state index in [4.69, 9.17) is 16.3 Å². The smallest absolute Gasteiger partial charge is 0.183 e. The summed E-state index contributed by atoms with van der Waals surface area (Å²) in [4.78, 5) is 4.59. The van der Waals surface area contributed by atoms with E-state index in [1.54, 1.807) is 6.20 Å². The zero-order valence-electron chi connectivity index (χ0n) is 7.91. The molecule has 2 rings (SSSR count). The molecule has 0 saturated carbocycles. The van der Waals surface area contributed by atoms with Crippen LogP contribution in [0, 0.1) is 11.6 Å². The molecule has 0 radical (unpaired) electrons. The lowest BCUT2D eigenvalue weighted by atomic mass is 10.3. The molecule has 0 aliphatic heterocycles. The van der Waals surface area contributed by atoms with Gasteiger partial charge in [-0.05, 0) is 12.1 Å². The van der Waals surface area contributed by atoms with Crippen molar-refractivity contribution in [2.75, 3.05) is 0 Å². The zero-order chi connectivity index (χ0) is 11.5. The van der Waals surface area contributed by atoms with Crippen LogP contribution in [0.1, 0.15) is 4.88 Å². The molecule has 0 unspecified atom stereocenters. The van der Waals surface area contributed by atoms with Crippen molar-refractivity contribution in [3.05, 3.63) is 45.4 Å². The Morgan fingerprint density at radius 1 is 1.38 bits per heavy atom. The summed E-state index contributed by atoms with van der Waals surface area (Å²) >= 11 is 6.87. The van der Waals surface area contributed by atoms with Crippen LogP contribution in [-0.2, 0) is 6.61 Å². The molecule has 84 valence electrons. The molecule has 2 nitrogen and oxygen atoms in total. The second-order valence-electron chi connectivity index (χ2n) is 2.94. The van der Waals surface area contributed by atoms with Crippen molar-refractivity contribution in [1.29, 1.82) is 0 Å². The van der Waals surface area contributed by atoms with Gasteiger partial charge in [0.1, 0.15) is 12.4 Å². The van der Waals surface area contributed by atoms with Crippen LogP contribution >= 0.6 is 22.9 Å². The summed E-state index contributed by atoms with van der Waals surface area (Å²) in [5, 5.41) is 0. The first kappa shape index (κ1) is 11.3. The highest BCUT2D eigenvalue weighted by Crippen LogP contribution is 2.22. The molecule has 0 atom stereocenters. The van der Waals surface area contributed by atoms with Crippen molar-refractivity contribution in [3.63, 3.8) is 0 Å². The van der Waals surface area contributed by atoms with Crippen LogP contribution in [0.5, 0.6) is 5.75 Å². The molecule has 1 heterocycles. The number of nitrogens with zero attached hydrogens (tertiary/aromatic N) is 1. The third-order valence-electron chi connectivity index (χ3n) is 1.79. The van der Waals surface area contributed by atoms with Gasteiger partial charge in [-0.2, -0.15) is 0 Å². The van der Waals surface area contributed by atoms with Gasteiger partial charge < -0.3 is 4.74 Å². The Kier molecular flexibility index (Phi) is 3.36. The molecule has 0 amide bonds. The van der Waals surface area contributed by atoms with Crippen LogP contribution in [0.2, 0.25) is 4.47 Å². The van der Waals surface area contributed by atoms with E-state index in [0.717, 1.165) is 17.0 Å². The lowest BCUT2D eigenvalue weighted by Gasteiger charge is -2.04. The standard InChI is InChI=1S/C10H6ClF2NOS/c11-10-14-4-7(16-10)5-15-9-2-1-6(12)3-8(9)13/h1-4H,5H2. The fourth-order valence-electron chi connectivity index (χ4n) is 1.09. The van der Waals surface area contributed by atoms with Crippen LogP contribution in [0.4, 0.5) is 8.78 Å². The molecule has 1 aromatic carbocycles. The molecule has 0 fully saturated rings. The first-order valence-electron chi connectivity index (χ1n) is 4.33. The van der Waals surface area contributed by atoms with Gasteiger partial charge in [0.2, 0.25) is 0 Å². The molecule has 0 aliphatic rings. The molecule has 0 aliphatic carbocycles. The van der Waals surface area contributed by atoms with E-state index >= 15 is 0 Å². The summed E-state index contributed by atoms with van der Waals surface area (Å²) in [6.07, 6.45) is 1.55. The van der Waals surface area contributed by atoms with E-state index in [9.17, 15) is 8.78 Å². The molecular weight excluding hydrogens is 256 g/mol. The Labute approximate surface area is 99.5 Å². The topological polar surface area (TPSA) is 22.1 Å². The minimum atomic E-state index is -0.726. The van der Waals surface area contributed by atoms with Crippen molar-refractivity contribution >= 4 is 22.9 Å². The normalized spacial score (nSPS) is 10.4. The van der Waals surface area contributed by atoms with Crippen LogP contribution in [-0.4, -0.2) is 4.98 Å². The van der Waals surface area contributed by atoms with Gasteiger partial charge in [0, 0.05) is 12.3 Å². The van der Waals surface area contributed by atoms with E-state index < -0.39 is 11.6 Å². The summed E-state index contributed by atoms with van der Waals surface area (Å²) in [6, 6.07) is 3.15. The number of benzene rings is 1. The molecule has 6 heteroatoms. The molecule has 0 spiro atoms. The fourth-order valence-corrected chi connectivity index (χ4v) is 1.98. The predicted molar refractivity (Wildman–Crippen MR) is 57.8 cm³/mol. The number of ether oxygens (including phenoxy) is 1. The Morgan fingerprint density at radius 2 is 2.19 bits per heavy atom. The summed E-state index contributed by atoms with van der Waals surface area (Å²) in [5.74, 6) is -1.35. The Morgan fingerprint density at radius 3 is 2.81 bits per heavy atom. The second-order valence-corrected chi connectivity index (χ2v) is 4.64. The minimum absolute atomic E-state index is 0.00548. The fraction of sp³-hybridized carbons (Fsp3) is 0.100. The number of rotatable bonds is 3. The van der Waals surface area contributed by atoms with E-state index in [-0.39, 0.29) is 12.4 Å². The van der Waals surface area contributed by atoms with Gasteiger partial charge in [0.05, 0.1) is 4.88 Å². The van der Waals surface area contributed by atoms with Gasteiger partial charge >= 0.3 is 0 Å². The number of aromatic nitrogens is 1. The highest BCUT2D eigenvalue weighted by molar-refractivity contribution is 7.15. The average molecular weight is 262 g/mol. The molecule has 0 N–H and O–H groups in total. The Hall–Kier alpha value is -1.20. The van der Waals surface area contributed by atoms with E-state index in [2.05, 4.69) is 4.98 Å². The number of hydrogen-bond donors (Lipinski definition) is 0. The summed E-state index contributed by atoms with van der Waals surface area (Å²) in [5.41, 5.74) is 0. The SMILES string of the molecule is Fc1ccc(OCc2cnc(Cl)s2)c(F)c1. The number of halogens is 3. The largest absolute Gasteiger partial charge is 0.485 e. The van der Waals surface area contributed by atoms with Crippen LogP contribution in [0.15, 0.2) is 24.4 Å². The monoisotopic (exact) mass is 261 g/mol. The third kappa shape index (κ3) is 2.68. The Balaban J connectivity index is 2.04. The predicted octanol–water partition coefficient (Wildman–Crippen LogP) is 3.65. The van der Waals surface area contributed by atoms with Gasteiger partial charge in [-0.15, -0.1) is 11.3 Å². The molecule has 1 aromatic heterocycles. The van der Waals surface area contributed by atoms with Crippen molar-refractivity contribution in [2.45, 2.75) is 6.61 Å². The maximum Gasteiger partial charge on any atom is 0.183 e. The van der Waals surface area contributed by atoms with Gasteiger partial charge in [-0.1, -0.05) is 11.6 Å². The zero-order valence-corrected chi connectivity index (χ0v) is 9.49. The lowest BCUT2D eigenvalue weighted by Crippen LogP contribution is -1.95. The van der Waals surface area contributed by atoms with Crippen molar-refractivity contribution in [2.24, 2.45) is 0 Å². The molecule has 0 bridgehead atoms. The second kappa shape index (κ2) is 4.76. The molecule has 0 saturated heterocycles. The maximum absolute atomic E-state index is 13.2. The van der Waals surface area contributed by atoms with Gasteiger partial charge in [-0.25, -0.2) is 13.8 Å². The minimum Gasteiger partial charge on any atom is -0.485 e. The molecule has 2 aromatic rings. The van der Waals surface area contributed by atoms with Crippen molar-refractivity contribution < 1.29 is 13.5 Å². The summed E-state index contributed by atoms with van der Waals surface area (Å²) < 4.78 is 31.3. The van der Waals surface area contributed by atoms with Crippen LogP contribution in [0.25, 0.3) is 0 Å². The highest BCUT2D eigenvalue weighted by Gasteiger charge is 2.06. The van der Waals surface area contributed by atoms with Gasteiger partial charge in [-0.3, -0.25) is 0 Å². The molecular formula is C10H6ClF2NOS. The van der Waals surface area contributed by atoms with Gasteiger partial charge in [0.15, 0.2) is 16.0 Å². The number of thiazole rings is 1. The van der Waals surface area contributed by atoms with E-state index in [1.165, 1.54) is 17.4 Å². The number of hydrogen-bond acceptors (Lipinski definition) is 3. The first-order chi connectivity index (χ1) is 7.65. The molecule has 16 heavy (non-hydrogen) atoms. The summed E-state index contributed by atoms with van der Waals surface area (Å²) in [6.45, 7) is 0.160. The average Bonchev–Trinajstić information content (AvgIpc) is 2.63. The quantitative estimate of drug-likeness (QED) is 0.841. The third-order valence-corrected chi connectivity index (χ3v) is 2.88. The van der Waals surface area contributed by atoms with Crippen molar-refractivity contribution in [3.8, 4) is 5.75 Å². The maximum atomic E-state index is 13.2. The lowest BCUT2D eigenvalue weighted by molar-refractivity contribution is 0.292. The van der Waals surface area contributed by atoms with E-state index in [0.29, 0.717) is 4.47 Å².